The minimum Gasteiger partial charge on any atom is -0.378 e. The Labute approximate surface area is 206 Å². The SMILES string of the molecule is CC1CC(C)CN(S(=O)(=O)c2cccc(-c3csc(N/N=C/c4ccc(N(C)C)cc4)n3)c2)C1. The number of hydrogen-bond donors (Lipinski definition) is 1. The third kappa shape index (κ3) is 5.65. The van der Waals surface area contributed by atoms with Crippen molar-refractivity contribution in [3.63, 3.8) is 0 Å². The van der Waals surface area contributed by atoms with E-state index in [2.05, 4.69) is 29.4 Å². The lowest BCUT2D eigenvalue weighted by Crippen LogP contribution is -2.42. The number of hydrazone groups is 1. The summed E-state index contributed by atoms with van der Waals surface area (Å²) in [4.78, 5) is 6.95. The average Bonchev–Trinajstić information content (AvgIpc) is 3.28. The fourth-order valence-electron chi connectivity index (χ4n) is 4.25. The fraction of sp³-hybridized carbons (Fsp3) is 0.360. The maximum atomic E-state index is 13.3. The molecule has 2 unspecified atom stereocenters. The Balaban J connectivity index is 1.46. The number of piperidine rings is 1. The van der Waals surface area contributed by atoms with E-state index in [1.165, 1.54) is 11.3 Å². The first-order chi connectivity index (χ1) is 16.2. The molecule has 1 aromatic heterocycles. The zero-order valence-electron chi connectivity index (χ0n) is 20.0. The number of hydrogen-bond acceptors (Lipinski definition) is 7. The van der Waals surface area contributed by atoms with Gasteiger partial charge in [-0.1, -0.05) is 38.1 Å². The molecule has 1 fully saturated rings. The lowest BCUT2D eigenvalue weighted by atomic mass is 9.94. The van der Waals surface area contributed by atoms with Crippen LogP contribution in [-0.2, 0) is 10.0 Å². The molecule has 0 bridgehead atoms. The molecule has 3 aromatic rings. The van der Waals surface area contributed by atoms with Crippen molar-refractivity contribution >= 4 is 38.4 Å². The lowest BCUT2D eigenvalue weighted by molar-refractivity contribution is 0.222. The van der Waals surface area contributed by atoms with Crippen LogP contribution in [0.25, 0.3) is 11.3 Å². The second-order valence-corrected chi connectivity index (χ2v) is 12.0. The minimum atomic E-state index is -3.54. The summed E-state index contributed by atoms with van der Waals surface area (Å²) < 4.78 is 28.2. The molecular formula is C25H31N5O2S2. The summed E-state index contributed by atoms with van der Waals surface area (Å²) in [5.74, 6) is 0.723. The van der Waals surface area contributed by atoms with Gasteiger partial charge in [0.15, 0.2) is 0 Å². The number of benzene rings is 2. The molecule has 4 rings (SSSR count). The summed E-state index contributed by atoms with van der Waals surface area (Å²) in [6, 6.07) is 15.1. The Kier molecular flexibility index (Phi) is 7.35. The number of nitrogens with one attached hydrogen (secondary N) is 1. The normalized spacial score (nSPS) is 19.4. The van der Waals surface area contributed by atoms with Gasteiger partial charge < -0.3 is 4.90 Å². The number of thiazole rings is 1. The van der Waals surface area contributed by atoms with Crippen molar-refractivity contribution in [2.45, 2.75) is 25.2 Å². The maximum absolute atomic E-state index is 13.3. The molecule has 9 heteroatoms. The zero-order valence-corrected chi connectivity index (χ0v) is 21.6. The monoisotopic (exact) mass is 497 g/mol. The van der Waals surface area contributed by atoms with Crippen LogP contribution in [0.2, 0.25) is 0 Å². The highest BCUT2D eigenvalue weighted by Gasteiger charge is 2.31. The number of sulfonamides is 1. The molecule has 1 aliphatic heterocycles. The topological polar surface area (TPSA) is 77.9 Å². The Hall–Kier alpha value is -2.75. The van der Waals surface area contributed by atoms with E-state index >= 15 is 0 Å². The van der Waals surface area contributed by atoms with Crippen LogP contribution in [0.5, 0.6) is 0 Å². The van der Waals surface area contributed by atoms with E-state index in [-0.39, 0.29) is 0 Å². The molecule has 0 saturated carbocycles. The van der Waals surface area contributed by atoms with Gasteiger partial charge in [-0.2, -0.15) is 9.41 Å². The third-order valence-electron chi connectivity index (χ3n) is 5.89. The van der Waals surface area contributed by atoms with E-state index in [1.54, 1.807) is 28.7 Å². The Morgan fingerprint density at radius 3 is 2.50 bits per heavy atom. The smallest absolute Gasteiger partial charge is 0.243 e. The van der Waals surface area contributed by atoms with Crippen molar-refractivity contribution in [3.8, 4) is 11.3 Å². The summed E-state index contributed by atoms with van der Waals surface area (Å²) >= 11 is 1.43. The highest BCUT2D eigenvalue weighted by molar-refractivity contribution is 7.89. The highest BCUT2D eigenvalue weighted by Crippen LogP contribution is 2.30. The second-order valence-electron chi connectivity index (χ2n) is 9.19. The van der Waals surface area contributed by atoms with Crippen molar-refractivity contribution in [2.24, 2.45) is 16.9 Å². The lowest BCUT2D eigenvalue weighted by Gasteiger charge is -2.34. The maximum Gasteiger partial charge on any atom is 0.243 e. The van der Waals surface area contributed by atoms with Crippen LogP contribution < -0.4 is 10.3 Å². The zero-order chi connectivity index (χ0) is 24.3. The Morgan fingerprint density at radius 2 is 1.82 bits per heavy atom. The van der Waals surface area contributed by atoms with Gasteiger partial charge in [-0.15, -0.1) is 11.3 Å². The summed E-state index contributed by atoms with van der Waals surface area (Å²) in [6.07, 6.45) is 2.80. The van der Waals surface area contributed by atoms with Crippen molar-refractivity contribution < 1.29 is 8.42 Å². The van der Waals surface area contributed by atoms with Gasteiger partial charge in [-0.05, 0) is 48.1 Å². The van der Waals surface area contributed by atoms with Crippen LogP contribution in [-0.4, -0.2) is 51.1 Å². The summed E-state index contributed by atoms with van der Waals surface area (Å²) in [7, 11) is 0.471. The molecule has 180 valence electrons. The van der Waals surface area contributed by atoms with Crippen molar-refractivity contribution in [2.75, 3.05) is 37.5 Å². The van der Waals surface area contributed by atoms with E-state index < -0.39 is 10.0 Å². The number of anilines is 2. The molecule has 0 radical (unpaired) electrons. The number of aromatic nitrogens is 1. The largest absolute Gasteiger partial charge is 0.378 e. The minimum absolute atomic E-state index is 0.313. The molecule has 1 aliphatic rings. The molecule has 0 aliphatic carbocycles. The molecule has 7 nitrogen and oxygen atoms in total. The molecule has 34 heavy (non-hydrogen) atoms. The van der Waals surface area contributed by atoms with Crippen molar-refractivity contribution in [1.29, 1.82) is 0 Å². The fourth-order valence-corrected chi connectivity index (χ4v) is 6.64. The van der Waals surface area contributed by atoms with Gasteiger partial charge in [-0.25, -0.2) is 13.4 Å². The molecule has 0 spiro atoms. The standard InChI is InChI=1S/C25H31N5O2S2/c1-18-12-19(2)16-30(15-18)34(31,32)23-7-5-6-21(13-23)24-17-33-25(27-24)28-26-14-20-8-10-22(11-9-20)29(3)4/h5-11,13-14,17-19H,12,15-16H2,1-4H3,(H,27,28)/b26-14+. The third-order valence-corrected chi connectivity index (χ3v) is 8.46. The van der Waals surface area contributed by atoms with Gasteiger partial charge in [0.2, 0.25) is 15.2 Å². The van der Waals surface area contributed by atoms with Gasteiger partial charge in [0.25, 0.3) is 0 Å². The molecule has 1 saturated heterocycles. The van der Waals surface area contributed by atoms with Gasteiger partial charge in [0, 0.05) is 43.8 Å². The van der Waals surface area contributed by atoms with Crippen LogP contribution >= 0.6 is 11.3 Å². The van der Waals surface area contributed by atoms with Crippen molar-refractivity contribution in [3.05, 3.63) is 59.5 Å². The number of nitrogens with zero attached hydrogens (tertiary/aromatic N) is 4. The molecule has 2 heterocycles. The van der Waals surface area contributed by atoms with Gasteiger partial charge >= 0.3 is 0 Å². The van der Waals surface area contributed by atoms with E-state index in [0.29, 0.717) is 35.0 Å². The second kappa shape index (κ2) is 10.2. The number of rotatable bonds is 7. The first kappa shape index (κ1) is 24.4. The Morgan fingerprint density at radius 1 is 1.12 bits per heavy atom. The van der Waals surface area contributed by atoms with Crippen LogP contribution in [0.4, 0.5) is 10.8 Å². The quantitative estimate of drug-likeness (QED) is 0.368. The molecular weight excluding hydrogens is 466 g/mol. The average molecular weight is 498 g/mol. The summed E-state index contributed by atoms with van der Waals surface area (Å²) in [6.45, 7) is 5.36. The predicted octanol–water partition coefficient (Wildman–Crippen LogP) is 4.99. The summed E-state index contributed by atoms with van der Waals surface area (Å²) in [5, 5.41) is 6.83. The Bertz CT molecular complexity index is 1240. The first-order valence-electron chi connectivity index (χ1n) is 11.3. The van der Waals surface area contributed by atoms with Crippen LogP contribution in [0.15, 0.2) is 63.9 Å². The van der Waals surface area contributed by atoms with Crippen molar-refractivity contribution in [1.82, 2.24) is 9.29 Å². The highest BCUT2D eigenvalue weighted by atomic mass is 32.2. The summed E-state index contributed by atoms with van der Waals surface area (Å²) in [5.41, 5.74) is 6.56. The van der Waals surface area contributed by atoms with Gasteiger partial charge in [0.05, 0.1) is 16.8 Å². The van der Waals surface area contributed by atoms with E-state index in [0.717, 1.165) is 28.9 Å². The molecule has 1 N–H and O–H groups in total. The molecule has 2 atom stereocenters. The predicted molar refractivity (Wildman–Crippen MR) is 141 cm³/mol. The van der Waals surface area contributed by atoms with Gasteiger partial charge in [-0.3, -0.25) is 5.43 Å². The van der Waals surface area contributed by atoms with Crippen LogP contribution in [0.1, 0.15) is 25.8 Å². The van der Waals surface area contributed by atoms with Crippen LogP contribution in [0.3, 0.4) is 0 Å². The first-order valence-corrected chi connectivity index (χ1v) is 13.7. The van der Waals surface area contributed by atoms with E-state index in [4.69, 9.17) is 0 Å². The molecule has 0 amide bonds. The van der Waals surface area contributed by atoms with Crippen LogP contribution in [0, 0.1) is 11.8 Å². The van der Waals surface area contributed by atoms with E-state index in [1.807, 2.05) is 54.7 Å². The van der Waals surface area contributed by atoms with Gasteiger partial charge in [0.1, 0.15) is 0 Å². The molecule has 2 aromatic carbocycles. The van der Waals surface area contributed by atoms with E-state index in [9.17, 15) is 8.42 Å².